The van der Waals surface area contributed by atoms with Crippen LogP contribution in [0.4, 0.5) is 10.5 Å². The Hall–Kier alpha value is -2.77. The third kappa shape index (κ3) is 7.09. The van der Waals surface area contributed by atoms with Crippen LogP contribution < -0.4 is 16.4 Å². The number of hydrogen-bond donors (Lipinski definition) is 3. The number of nitrogens with zero attached hydrogens (tertiary/aromatic N) is 1. The summed E-state index contributed by atoms with van der Waals surface area (Å²) in [6.45, 7) is 7.02. The number of likely N-dealkylation sites (tertiary alicyclic amines) is 1. The SMILES string of the molecule is CC(C)(C)OC(=O)NCC(=O)N1CCC(CNC(=O)c2ccc(N)cc2)CC1. The lowest BCUT2D eigenvalue weighted by molar-refractivity contribution is -0.131. The maximum atomic E-state index is 12.2. The van der Waals surface area contributed by atoms with Gasteiger partial charge in [-0.05, 0) is 63.8 Å². The smallest absolute Gasteiger partial charge is 0.408 e. The Kier molecular flexibility index (Phi) is 7.25. The van der Waals surface area contributed by atoms with E-state index < -0.39 is 11.7 Å². The molecule has 0 bridgehead atoms. The second-order valence-electron chi connectivity index (χ2n) is 8.01. The van der Waals surface area contributed by atoms with Gasteiger partial charge in [0.1, 0.15) is 12.1 Å². The Balaban J connectivity index is 1.67. The van der Waals surface area contributed by atoms with Crippen LogP contribution in [-0.4, -0.2) is 54.6 Å². The van der Waals surface area contributed by atoms with Crippen LogP contribution >= 0.6 is 0 Å². The number of piperidine rings is 1. The number of rotatable bonds is 5. The summed E-state index contributed by atoms with van der Waals surface area (Å²) < 4.78 is 5.12. The summed E-state index contributed by atoms with van der Waals surface area (Å²) in [5.41, 5.74) is 6.23. The van der Waals surface area contributed by atoms with Crippen molar-refractivity contribution in [2.45, 2.75) is 39.2 Å². The summed E-state index contributed by atoms with van der Waals surface area (Å²) in [5.74, 6) is 0.0656. The van der Waals surface area contributed by atoms with Crippen LogP contribution in [0, 0.1) is 5.92 Å². The molecule has 4 N–H and O–H groups in total. The molecule has 0 atom stereocenters. The molecule has 0 radical (unpaired) electrons. The van der Waals surface area contributed by atoms with Gasteiger partial charge < -0.3 is 26.0 Å². The summed E-state index contributed by atoms with van der Waals surface area (Å²) in [5, 5.41) is 5.43. The minimum Gasteiger partial charge on any atom is -0.444 e. The first kappa shape index (κ1) is 21.5. The first-order valence-corrected chi connectivity index (χ1v) is 9.52. The summed E-state index contributed by atoms with van der Waals surface area (Å²) in [4.78, 5) is 37.7. The molecule has 28 heavy (non-hydrogen) atoms. The minimum absolute atomic E-state index is 0.0759. The van der Waals surface area contributed by atoms with Gasteiger partial charge >= 0.3 is 6.09 Å². The third-order valence-electron chi connectivity index (χ3n) is 4.47. The highest BCUT2D eigenvalue weighted by Gasteiger charge is 2.24. The van der Waals surface area contributed by atoms with E-state index in [0.717, 1.165) is 12.8 Å². The predicted molar refractivity (Wildman–Crippen MR) is 107 cm³/mol. The Labute approximate surface area is 165 Å². The van der Waals surface area contributed by atoms with Crippen molar-refractivity contribution in [2.75, 3.05) is 31.9 Å². The fraction of sp³-hybridized carbons (Fsp3) is 0.550. The number of carbonyl (C=O) groups excluding carboxylic acids is 3. The Bertz CT molecular complexity index is 689. The molecule has 0 spiro atoms. The Morgan fingerprint density at radius 3 is 2.29 bits per heavy atom. The lowest BCUT2D eigenvalue weighted by Crippen LogP contribution is -2.46. The molecule has 1 saturated heterocycles. The van der Waals surface area contributed by atoms with Crippen LogP contribution in [-0.2, 0) is 9.53 Å². The largest absolute Gasteiger partial charge is 0.444 e. The van der Waals surface area contributed by atoms with Crippen molar-refractivity contribution < 1.29 is 19.1 Å². The van der Waals surface area contributed by atoms with Crippen molar-refractivity contribution in [3.63, 3.8) is 0 Å². The van der Waals surface area contributed by atoms with Gasteiger partial charge in [0.15, 0.2) is 0 Å². The molecule has 2 rings (SSSR count). The number of benzene rings is 1. The van der Waals surface area contributed by atoms with Crippen molar-refractivity contribution in [3.05, 3.63) is 29.8 Å². The molecule has 0 unspecified atom stereocenters. The van der Waals surface area contributed by atoms with Gasteiger partial charge in [-0.3, -0.25) is 9.59 Å². The van der Waals surface area contributed by atoms with Crippen molar-refractivity contribution in [3.8, 4) is 0 Å². The topological polar surface area (TPSA) is 114 Å². The molecule has 1 heterocycles. The monoisotopic (exact) mass is 390 g/mol. The average Bonchev–Trinajstić information content (AvgIpc) is 2.64. The third-order valence-corrected chi connectivity index (χ3v) is 4.47. The number of nitrogens with one attached hydrogen (secondary N) is 2. The van der Waals surface area contributed by atoms with Gasteiger partial charge in [-0.25, -0.2) is 4.79 Å². The quantitative estimate of drug-likeness (QED) is 0.663. The highest BCUT2D eigenvalue weighted by atomic mass is 16.6. The number of anilines is 1. The highest BCUT2D eigenvalue weighted by molar-refractivity contribution is 5.94. The molecular formula is C20H30N4O4. The van der Waals surface area contributed by atoms with Crippen molar-refractivity contribution in [1.29, 1.82) is 0 Å². The Morgan fingerprint density at radius 2 is 1.71 bits per heavy atom. The van der Waals surface area contributed by atoms with Gasteiger partial charge in [0.25, 0.3) is 5.91 Å². The molecule has 1 aliphatic rings. The predicted octanol–water partition coefficient (Wildman–Crippen LogP) is 1.76. The van der Waals surface area contributed by atoms with Crippen LogP contribution in [0.1, 0.15) is 44.0 Å². The van der Waals surface area contributed by atoms with E-state index in [9.17, 15) is 14.4 Å². The van der Waals surface area contributed by atoms with Gasteiger partial charge in [0.2, 0.25) is 5.91 Å². The standard InChI is InChI=1S/C20H30N4O4/c1-20(2,3)28-19(27)23-13-17(25)24-10-8-14(9-11-24)12-22-18(26)15-4-6-16(21)7-5-15/h4-7,14H,8-13,21H2,1-3H3,(H,22,26)(H,23,27). The van der Waals surface area contributed by atoms with Gasteiger partial charge in [0.05, 0.1) is 0 Å². The number of ether oxygens (including phenoxy) is 1. The average molecular weight is 390 g/mol. The van der Waals surface area contributed by atoms with Crippen molar-refractivity contribution in [2.24, 2.45) is 5.92 Å². The van der Waals surface area contributed by atoms with E-state index in [0.29, 0.717) is 36.8 Å². The van der Waals surface area contributed by atoms with Gasteiger partial charge in [0, 0.05) is 30.9 Å². The summed E-state index contributed by atoms with van der Waals surface area (Å²) in [6.07, 6.45) is 1.02. The number of nitrogen functional groups attached to an aromatic ring is 1. The first-order valence-electron chi connectivity index (χ1n) is 9.52. The lowest BCUT2D eigenvalue weighted by Gasteiger charge is -2.32. The zero-order valence-corrected chi connectivity index (χ0v) is 16.8. The van der Waals surface area contributed by atoms with E-state index in [1.807, 2.05) is 0 Å². The number of hydrogen-bond acceptors (Lipinski definition) is 5. The maximum Gasteiger partial charge on any atom is 0.408 e. The number of alkyl carbamates (subject to hydrolysis) is 1. The molecule has 8 nitrogen and oxygen atoms in total. The molecular weight excluding hydrogens is 360 g/mol. The maximum absolute atomic E-state index is 12.2. The molecule has 3 amide bonds. The van der Waals surface area contributed by atoms with Crippen molar-refractivity contribution in [1.82, 2.24) is 15.5 Å². The minimum atomic E-state index is -0.596. The molecule has 0 aliphatic carbocycles. The molecule has 1 aromatic rings. The van der Waals surface area contributed by atoms with Crippen LogP contribution in [0.25, 0.3) is 0 Å². The van der Waals surface area contributed by atoms with E-state index >= 15 is 0 Å². The molecule has 1 aliphatic heterocycles. The lowest BCUT2D eigenvalue weighted by atomic mass is 9.96. The normalized spacial score (nSPS) is 15.0. The molecule has 1 aromatic carbocycles. The zero-order chi connectivity index (χ0) is 20.7. The fourth-order valence-corrected chi connectivity index (χ4v) is 2.93. The molecule has 0 aromatic heterocycles. The zero-order valence-electron chi connectivity index (χ0n) is 16.8. The highest BCUT2D eigenvalue weighted by Crippen LogP contribution is 2.17. The molecule has 0 saturated carbocycles. The van der Waals surface area contributed by atoms with E-state index in [-0.39, 0.29) is 18.4 Å². The second kappa shape index (κ2) is 9.43. The first-order chi connectivity index (χ1) is 13.1. The van der Waals surface area contributed by atoms with Gasteiger partial charge in [-0.2, -0.15) is 0 Å². The molecule has 1 fully saturated rings. The summed E-state index contributed by atoms with van der Waals surface area (Å²) in [6, 6.07) is 6.79. The van der Waals surface area contributed by atoms with E-state index in [4.69, 9.17) is 10.5 Å². The van der Waals surface area contributed by atoms with Crippen LogP contribution in [0.15, 0.2) is 24.3 Å². The van der Waals surface area contributed by atoms with E-state index in [1.54, 1.807) is 49.9 Å². The van der Waals surface area contributed by atoms with E-state index in [1.165, 1.54) is 0 Å². The molecule has 154 valence electrons. The van der Waals surface area contributed by atoms with Crippen LogP contribution in [0.3, 0.4) is 0 Å². The van der Waals surface area contributed by atoms with Crippen LogP contribution in [0.5, 0.6) is 0 Å². The number of carbonyl (C=O) groups is 3. The Morgan fingerprint density at radius 1 is 1.11 bits per heavy atom. The van der Waals surface area contributed by atoms with Gasteiger partial charge in [-0.15, -0.1) is 0 Å². The van der Waals surface area contributed by atoms with Gasteiger partial charge in [-0.1, -0.05) is 0 Å². The summed E-state index contributed by atoms with van der Waals surface area (Å²) in [7, 11) is 0. The fourth-order valence-electron chi connectivity index (χ4n) is 2.93. The number of amides is 3. The van der Waals surface area contributed by atoms with E-state index in [2.05, 4.69) is 10.6 Å². The summed E-state index contributed by atoms with van der Waals surface area (Å²) >= 11 is 0. The van der Waals surface area contributed by atoms with Crippen LogP contribution in [0.2, 0.25) is 0 Å². The number of nitrogens with two attached hydrogens (primary N) is 1. The molecule has 8 heteroatoms. The second-order valence-corrected chi connectivity index (χ2v) is 8.01. The van der Waals surface area contributed by atoms with Crippen molar-refractivity contribution >= 4 is 23.6 Å².